The van der Waals surface area contributed by atoms with Crippen LogP contribution in [0.15, 0.2) is 18.2 Å². The lowest BCUT2D eigenvalue weighted by Crippen LogP contribution is -2.40. The number of hydrogen-bond acceptors (Lipinski definition) is 5. The second-order valence-corrected chi connectivity index (χ2v) is 6.79. The predicted molar refractivity (Wildman–Crippen MR) is 85.1 cm³/mol. The van der Waals surface area contributed by atoms with E-state index in [1.807, 2.05) is 6.92 Å². The van der Waals surface area contributed by atoms with E-state index < -0.39 is 6.36 Å². The van der Waals surface area contributed by atoms with Crippen molar-refractivity contribution >= 4 is 32.6 Å². The number of hydrogen-bond donors (Lipinski definition) is 2. The van der Waals surface area contributed by atoms with E-state index in [-0.39, 0.29) is 23.6 Å². The molecule has 1 fully saturated rings. The van der Waals surface area contributed by atoms with Crippen LogP contribution in [0.25, 0.3) is 10.2 Å². The number of anilines is 1. The molecule has 24 heavy (non-hydrogen) atoms. The Morgan fingerprint density at radius 3 is 2.96 bits per heavy atom. The number of fused-ring (bicyclic) bond motifs is 1. The van der Waals surface area contributed by atoms with Gasteiger partial charge >= 0.3 is 6.36 Å². The summed E-state index contributed by atoms with van der Waals surface area (Å²) in [5.74, 6) is -0.490. The summed E-state index contributed by atoms with van der Waals surface area (Å²) < 4.78 is 41.2. The molecule has 2 atom stereocenters. The zero-order valence-electron chi connectivity index (χ0n) is 12.8. The van der Waals surface area contributed by atoms with Crippen molar-refractivity contribution in [3.8, 4) is 5.75 Å². The van der Waals surface area contributed by atoms with Crippen molar-refractivity contribution in [1.29, 1.82) is 0 Å². The van der Waals surface area contributed by atoms with Crippen molar-refractivity contribution in [2.24, 2.45) is 5.92 Å². The van der Waals surface area contributed by atoms with Gasteiger partial charge in [-0.3, -0.25) is 4.79 Å². The number of thiazole rings is 1. The standard InChI is InChI=1S/C15H16F3N3O2S/c1-8-6-9(4-5-19-8)13(22)21-14-20-11-3-2-10(7-12(11)24-14)23-15(16,17)18/h2-3,7-9,19H,4-6H2,1H3,(H,20,21,22)/t8-,9-/m0/s1. The van der Waals surface area contributed by atoms with Gasteiger partial charge in [0.15, 0.2) is 5.13 Å². The van der Waals surface area contributed by atoms with E-state index >= 15 is 0 Å². The molecule has 1 aliphatic heterocycles. The van der Waals surface area contributed by atoms with E-state index in [9.17, 15) is 18.0 Å². The fourth-order valence-corrected chi connectivity index (χ4v) is 3.63. The SMILES string of the molecule is C[C@H]1C[C@@H](C(=O)Nc2nc3ccc(OC(F)(F)F)cc3s2)CCN1. The van der Waals surface area contributed by atoms with Crippen molar-refractivity contribution in [1.82, 2.24) is 10.3 Å². The molecule has 2 N–H and O–H groups in total. The third-order valence-corrected chi connectivity index (χ3v) is 4.75. The average molecular weight is 359 g/mol. The number of piperidine rings is 1. The molecule has 1 aliphatic rings. The summed E-state index contributed by atoms with van der Waals surface area (Å²) in [6, 6.07) is 4.19. The Bertz CT molecular complexity index is 747. The van der Waals surface area contributed by atoms with Gasteiger partial charge in [-0.2, -0.15) is 0 Å². The summed E-state index contributed by atoms with van der Waals surface area (Å²) in [5, 5.41) is 6.43. The molecule has 9 heteroatoms. The van der Waals surface area contributed by atoms with E-state index in [0.29, 0.717) is 15.3 Å². The van der Waals surface area contributed by atoms with E-state index in [2.05, 4.69) is 20.4 Å². The predicted octanol–water partition coefficient (Wildman–Crippen LogP) is 3.52. The normalized spacial score (nSPS) is 21.7. The maximum atomic E-state index is 12.3. The van der Waals surface area contributed by atoms with Crippen LogP contribution in [0.5, 0.6) is 5.75 Å². The fraction of sp³-hybridized carbons (Fsp3) is 0.467. The molecule has 0 aliphatic carbocycles. The number of halogens is 3. The molecule has 130 valence electrons. The van der Waals surface area contributed by atoms with Gasteiger partial charge < -0.3 is 15.4 Å². The number of aromatic nitrogens is 1. The van der Waals surface area contributed by atoms with Crippen molar-refractivity contribution in [3.05, 3.63) is 18.2 Å². The highest BCUT2D eigenvalue weighted by atomic mass is 32.1. The quantitative estimate of drug-likeness (QED) is 0.880. The number of rotatable bonds is 3. The smallest absolute Gasteiger partial charge is 0.406 e. The minimum atomic E-state index is -4.73. The van der Waals surface area contributed by atoms with Gasteiger partial charge in [0.2, 0.25) is 5.91 Å². The largest absolute Gasteiger partial charge is 0.573 e. The van der Waals surface area contributed by atoms with Crippen molar-refractivity contribution in [2.45, 2.75) is 32.2 Å². The second-order valence-electron chi connectivity index (χ2n) is 5.76. The number of carbonyl (C=O) groups excluding carboxylic acids is 1. The summed E-state index contributed by atoms with van der Waals surface area (Å²) in [7, 11) is 0. The first-order valence-electron chi connectivity index (χ1n) is 7.51. The molecule has 0 spiro atoms. The topological polar surface area (TPSA) is 63.2 Å². The minimum absolute atomic E-state index is 0.0858. The Morgan fingerprint density at radius 1 is 1.46 bits per heavy atom. The second kappa shape index (κ2) is 6.56. The fourth-order valence-electron chi connectivity index (χ4n) is 2.73. The zero-order valence-corrected chi connectivity index (χ0v) is 13.6. The molecule has 1 amide bonds. The van der Waals surface area contributed by atoms with Gasteiger partial charge in [0.05, 0.1) is 10.2 Å². The van der Waals surface area contributed by atoms with E-state index in [0.717, 1.165) is 30.7 Å². The van der Waals surface area contributed by atoms with Crippen LogP contribution in [0.4, 0.5) is 18.3 Å². The maximum Gasteiger partial charge on any atom is 0.573 e. The molecule has 2 aromatic rings. The van der Waals surface area contributed by atoms with Crippen LogP contribution in [0.3, 0.4) is 0 Å². The van der Waals surface area contributed by atoms with Crippen LogP contribution in [0.2, 0.25) is 0 Å². The van der Waals surface area contributed by atoms with Crippen LogP contribution in [-0.4, -0.2) is 29.8 Å². The van der Waals surface area contributed by atoms with Gasteiger partial charge in [0.1, 0.15) is 5.75 Å². The first kappa shape index (κ1) is 17.0. The highest BCUT2D eigenvalue weighted by Gasteiger charge is 2.31. The number of ether oxygens (including phenoxy) is 1. The first-order valence-corrected chi connectivity index (χ1v) is 8.32. The van der Waals surface area contributed by atoms with Crippen LogP contribution in [0.1, 0.15) is 19.8 Å². The van der Waals surface area contributed by atoms with E-state index in [1.54, 1.807) is 0 Å². The minimum Gasteiger partial charge on any atom is -0.406 e. The summed E-state index contributed by atoms with van der Waals surface area (Å²) >= 11 is 1.12. The molecule has 1 aromatic carbocycles. The Balaban J connectivity index is 1.72. The van der Waals surface area contributed by atoms with Crippen LogP contribution >= 0.6 is 11.3 Å². The van der Waals surface area contributed by atoms with Gasteiger partial charge in [-0.05, 0) is 38.4 Å². The maximum absolute atomic E-state index is 12.3. The van der Waals surface area contributed by atoms with Gasteiger partial charge in [-0.15, -0.1) is 13.2 Å². The highest BCUT2D eigenvalue weighted by molar-refractivity contribution is 7.22. The lowest BCUT2D eigenvalue weighted by Gasteiger charge is -2.26. The molecule has 2 heterocycles. The summed E-state index contributed by atoms with van der Waals surface area (Å²) in [4.78, 5) is 16.5. The lowest BCUT2D eigenvalue weighted by molar-refractivity contribution is -0.274. The molecule has 1 aromatic heterocycles. The number of nitrogens with zero attached hydrogens (tertiary/aromatic N) is 1. The molecule has 5 nitrogen and oxygen atoms in total. The highest BCUT2D eigenvalue weighted by Crippen LogP contribution is 2.32. The summed E-state index contributed by atoms with van der Waals surface area (Å²) in [6.45, 7) is 2.82. The lowest BCUT2D eigenvalue weighted by atomic mass is 9.93. The summed E-state index contributed by atoms with van der Waals surface area (Å²) in [5.41, 5.74) is 0.517. The summed E-state index contributed by atoms with van der Waals surface area (Å²) in [6.07, 6.45) is -3.23. The van der Waals surface area contributed by atoms with Crippen molar-refractivity contribution in [3.63, 3.8) is 0 Å². The number of nitrogens with one attached hydrogen (secondary N) is 2. The number of carbonyl (C=O) groups is 1. The Hall–Kier alpha value is -1.87. The monoisotopic (exact) mass is 359 g/mol. The van der Waals surface area contributed by atoms with Crippen LogP contribution in [-0.2, 0) is 4.79 Å². The molecule has 3 rings (SSSR count). The molecule has 0 saturated carbocycles. The van der Waals surface area contributed by atoms with Crippen LogP contribution < -0.4 is 15.4 Å². The molecule has 0 radical (unpaired) electrons. The third kappa shape index (κ3) is 4.15. The van der Waals surface area contributed by atoms with Crippen molar-refractivity contribution < 1.29 is 22.7 Å². The number of alkyl halides is 3. The number of amides is 1. The van der Waals surface area contributed by atoms with E-state index in [1.165, 1.54) is 18.2 Å². The Labute approximate surface area is 140 Å². The molecule has 0 unspecified atom stereocenters. The third-order valence-electron chi connectivity index (χ3n) is 3.82. The average Bonchev–Trinajstić information content (AvgIpc) is 2.87. The van der Waals surface area contributed by atoms with Gasteiger partial charge in [-0.25, -0.2) is 4.98 Å². The molecular weight excluding hydrogens is 343 g/mol. The Kier molecular flexibility index (Phi) is 4.64. The van der Waals surface area contributed by atoms with Gasteiger partial charge in [0.25, 0.3) is 0 Å². The molecular formula is C15H16F3N3O2S. The van der Waals surface area contributed by atoms with Crippen molar-refractivity contribution in [2.75, 3.05) is 11.9 Å². The first-order chi connectivity index (χ1) is 11.3. The zero-order chi connectivity index (χ0) is 17.3. The Morgan fingerprint density at radius 2 is 2.25 bits per heavy atom. The van der Waals surface area contributed by atoms with Gasteiger partial charge in [-0.1, -0.05) is 11.3 Å². The van der Waals surface area contributed by atoms with Gasteiger partial charge in [0, 0.05) is 18.0 Å². The molecule has 1 saturated heterocycles. The van der Waals surface area contributed by atoms with E-state index in [4.69, 9.17) is 0 Å². The molecule has 0 bridgehead atoms. The number of benzene rings is 1. The van der Waals surface area contributed by atoms with Crippen LogP contribution in [0, 0.1) is 5.92 Å².